The smallest absolute Gasteiger partial charge is 0.187 e. The highest BCUT2D eigenvalue weighted by molar-refractivity contribution is 5.62. The van der Waals surface area contributed by atoms with Crippen molar-refractivity contribution in [3.8, 4) is 23.0 Å². The van der Waals surface area contributed by atoms with E-state index in [9.17, 15) is 40.9 Å². The Morgan fingerprint density at radius 1 is 0.957 bits per heavy atom. The number of phenols is 1. The topological polar surface area (TPSA) is 226 Å². The van der Waals surface area contributed by atoms with Crippen molar-refractivity contribution in [2.75, 3.05) is 47.3 Å². The quantitative estimate of drug-likeness (QED) is 0.136. The number of ether oxygens (including phenoxy) is 7. The van der Waals surface area contributed by atoms with E-state index in [0.717, 1.165) is 0 Å². The highest BCUT2D eigenvalue weighted by Gasteiger charge is 2.53. The molecular weight excluding hydrogens is 612 g/mol. The minimum atomic E-state index is -1.98. The van der Waals surface area contributed by atoms with Crippen LogP contribution in [0.2, 0.25) is 0 Å². The Hall–Kier alpha value is -3.06. The van der Waals surface area contributed by atoms with Crippen LogP contribution in [0.5, 0.6) is 23.0 Å². The van der Waals surface area contributed by atoms with Crippen molar-refractivity contribution < 1.29 is 74.0 Å². The van der Waals surface area contributed by atoms with Crippen LogP contribution >= 0.6 is 0 Å². The number of benzene rings is 2. The lowest BCUT2D eigenvalue weighted by molar-refractivity contribution is -0.334. The molecular formula is C31H40O15. The fourth-order valence-electron chi connectivity index (χ4n) is 5.77. The first kappa shape index (κ1) is 34.3. The van der Waals surface area contributed by atoms with E-state index in [2.05, 4.69) is 0 Å². The highest BCUT2D eigenvalue weighted by Crippen LogP contribution is 2.51. The normalized spacial score (nSPS) is 34.1. The van der Waals surface area contributed by atoms with Crippen LogP contribution in [0.1, 0.15) is 28.7 Å². The van der Waals surface area contributed by atoms with E-state index in [1.54, 1.807) is 30.4 Å². The molecule has 254 valence electrons. The van der Waals surface area contributed by atoms with Crippen molar-refractivity contribution in [2.24, 2.45) is 0 Å². The monoisotopic (exact) mass is 652 g/mol. The number of aliphatic hydroxyl groups excluding tert-OH is 6. The van der Waals surface area contributed by atoms with E-state index in [-0.39, 0.29) is 24.7 Å². The summed E-state index contributed by atoms with van der Waals surface area (Å²) in [5.74, 6) is 0.674. The van der Waals surface area contributed by atoms with E-state index in [1.165, 1.54) is 20.3 Å². The Morgan fingerprint density at radius 3 is 2.37 bits per heavy atom. The van der Waals surface area contributed by atoms with Gasteiger partial charge in [0, 0.05) is 5.56 Å². The van der Waals surface area contributed by atoms with Gasteiger partial charge in [-0.2, -0.15) is 0 Å². The molecule has 3 aliphatic rings. The van der Waals surface area contributed by atoms with Crippen molar-refractivity contribution >= 4 is 6.08 Å². The molecule has 5 rings (SSSR count). The summed E-state index contributed by atoms with van der Waals surface area (Å²) in [7, 11) is 2.93. The second-order valence-electron chi connectivity index (χ2n) is 11.3. The summed E-state index contributed by atoms with van der Waals surface area (Å²) in [6.45, 7) is -2.21. The zero-order valence-electron chi connectivity index (χ0n) is 25.2. The molecule has 0 amide bonds. The summed E-state index contributed by atoms with van der Waals surface area (Å²) in [6, 6.07) is 8.39. The minimum absolute atomic E-state index is 0.0260. The molecule has 0 bridgehead atoms. The third-order valence-electron chi connectivity index (χ3n) is 8.43. The van der Waals surface area contributed by atoms with Crippen LogP contribution in [0.15, 0.2) is 36.4 Å². The second-order valence-corrected chi connectivity index (χ2v) is 11.3. The Labute approximate surface area is 264 Å². The number of phenolic OH excluding ortho intramolecular Hbond substituents is 1. The SMILES string of the molecule is COc1cc([C@@H]2Oc3c(OC)cc(/C=C/CO[C@@H]4O[C@H](CO)[C@@H](O)[C@H](O)[C@H]4O[C@@H]4OC[C@](O)(CO)[C@H]4O)cc3[C@H]2CO)ccc1O. The number of aromatic hydroxyl groups is 1. The molecule has 0 unspecified atom stereocenters. The third-order valence-corrected chi connectivity index (χ3v) is 8.43. The van der Waals surface area contributed by atoms with Crippen LogP contribution in [0.4, 0.5) is 0 Å². The van der Waals surface area contributed by atoms with Crippen molar-refractivity contribution in [1.82, 2.24) is 0 Å². The average Bonchev–Trinajstić information content (AvgIpc) is 3.58. The molecule has 15 heteroatoms. The molecule has 3 heterocycles. The molecule has 0 aliphatic carbocycles. The van der Waals surface area contributed by atoms with Crippen molar-refractivity contribution in [2.45, 2.75) is 60.7 Å². The van der Waals surface area contributed by atoms with Gasteiger partial charge in [-0.3, -0.25) is 0 Å². The molecule has 2 aromatic rings. The Morgan fingerprint density at radius 2 is 1.72 bits per heavy atom. The molecule has 0 spiro atoms. The molecule has 2 aromatic carbocycles. The molecule has 2 saturated heterocycles. The van der Waals surface area contributed by atoms with Crippen molar-refractivity contribution in [1.29, 1.82) is 0 Å². The van der Waals surface area contributed by atoms with Gasteiger partial charge in [-0.1, -0.05) is 18.2 Å². The lowest BCUT2D eigenvalue weighted by Crippen LogP contribution is -2.61. The molecule has 8 N–H and O–H groups in total. The van der Waals surface area contributed by atoms with Crippen molar-refractivity contribution in [3.63, 3.8) is 0 Å². The summed E-state index contributed by atoms with van der Waals surface area (Å²) < 4.78 is 39.4. The van der Waals surface area contributed by atoms with Crippen LogP contribution < -0.4 is 14.2 Å². The predicted molar refractivity (Wildman–Crippen MR) is 156 cm³/mol. The van der Waals surface area contributed by atoms with E-state index in [1.807, 2.05) is 6.07 Å². The summed E-state index contributed by atoms with van der Waals surface area (Å²) >= 11 is 0. The van der Waals surface area contributed by atoms with Gasteiger partial charge >= 0.3 is 0 Å². The summed E-state index contributed by atoms with van der Waals surface area (Å²) in [4.78, 5) is 0. The van der Waals surface area contributed by atoms with Gasteiger partial charge in [-0.15, -0.1) is 0 Å². The second kappa shape index (κ2) is 14.4. The molecule has 2 fully saturated rings. The molecule has 46 heavy (non-hydrogen) atoms. The summed E-state index contributed by atoms with van der Waals surface area (Å²) in [5, 5.41) is 81.2. The zero-order chi connectivity index (χ0) is 33.2. The van der Waals surface area contributed by atoms with E-state index in [4.69, 9.17) is 33.2 Å². The number of fused-ring (bicyclic) bond motifs is 1. The molecule has 15 nitrogen and oxygen atoms in total. The maximum absolute atomic E-state index is 10.7. The largest absolute Gasteiger partial charge is 0.504 e. The first-order valence-electron chi connectivity index (χ1n) is 14.6. The lowest BCUT2D eigenvalue weighted by atomic mass is 9.90. The molecule has 0 aromatic heterocycles. The van der Waals surface area contributed by atoms with E-state index >= 15 is 0 Å². The number of hydrogen-bond donors (Lipinski definition) is 8. The van der Waals surface area contributed by atoms with Gasteiger partial charge in [0.1, 0.15) is 42.2 Å². The maximum atomic E-state index is 10.7. The highest BCUT2D eigenvalue weighted by atomic mass is 16.8. The number of aliphatic hydroxyl groups is 7. The van der Waals surface area contributed by atoms with Crippen LogP contribution in [-0.4, -0.2) is 137 Å². The van der Waals surface area contributed by atoms with Gasteiger partial charge in [0.15, 0.2) is 35.6 Å². The lowest BCUT2D eigenvalue weighted by Gasteiger charge is -2.42. The fraction of sp³-hybridized carbons (Fsp3) is 0.548. The van der Waals surface area contributed by atoms with Gasteiger partial charge in [0.25, 0.3) is 0 Å². The van der Waals surface area contributed by atoms with E-state index in [0.29, 0.717) is 28.2 Å². The standard InChI is InChI=1S/C31H40O15/c1-40-20-10-16(5-6-19(20)35)25-18(11-32)17-8-15(9-21(41-2)26(17)45-25)4-3-7-42-29-27(24(37)23(36)22(12-33)44-29)46-30-28(38)31(39,13-34)14-43-30/h3-6,8-10,18,22-25,27-30,32-39H,7,11-14H2,1-2H3/b4-3+/t18-,22-,23-,24+,25+,27-,28+,29-,30+,31-/m1/s1. The van der Waals surface area contributed by atoms with Crippen LogP contribution in [0.25, 0.3) is 6.08 Å². The molecule has 3 aliphatic heterocycles. The van der Waals surface area contributed by atoms with Crippen LogP contribution in [-0.2, 0) is 18.9 Å². The third kappa shape index (κ3) is 6.54. The van der Waals surface area contributed by atoms with Gasteiger partial charge in [-0.05, 0) is 35.4 Å². The average molecular weight is 653 g/mol. The Bertz CT molecular complexity index is 1370. The fourth-order valence-corrected chi connectivity index (χ4v) is 5.77. The van der Waals surface area contributed by atoms with Crippen LogP contribution in [0, 0.1) is 0 Å². The van der Waals surface area contributed by atoms with E-state index < -0.39 is 80.5 Å². The summed E-state index contributed by atoms with van der Waals surface area (Å²) in [5.41, 5.74) is 0.0814. The minimum Gasteiger partial charge on any atom is -0.504 e. The van der Waals surface area contributed by atoms with Gasteiger partial charge < -0.3 is 74.0 Å². The molecule has 10 atom stereocenters. The maximum Gasteiger partial charge on any atom is 0.187 e. The number of rotatable bonds is 12. The predicted octanol–water partition coefficient (Wildman–Crippen LogP) is -1.09. The summed E-state index contributed by atoms with van der Waals surface area (Å²) in [6.07, 6.45) is -7.54. The first-order valence-corrected chi connectivity index (χ1v) is 14.6. The molecule has 0 saturated carbocycles. The van der Waals surface area contributed by atoms with Gasteiger partial charge in [0.05, 0.1) is 53.2 Å². The van der Waals surface area contributed by atoms with Crippen molar-refractivity contribution in [3.05, 3.63) is 53.1 Å². The Kier molecular flexibility index (Phi) is 10.7. The van der Waals surface area contributed by atoms with Crippen LogP contribution in [0.3, 0.4) is 0 Å². The number of methoxy groups -OCH3 is 2. The first-order chi connectivity index (χ1) is 22.1. The van der Waals surface area contributed by atoms with Gasteiger partial charge in [0.2, 0.25) is 0 Å². The van der Waals surface area contributed by atoms with Gasteiger partial charge in [-0.25, -0.2) is 0 Å². The molecule has 0 radical (unpaired) electrons. The number of hydrogen-bond acceptors (Lipinski definition) is 15. The Balaban J connectivity index is 1.31. The zero-order valence-corrected chi connectivity index (χ0v) is 25.2.